The van der Waals surface area contributed by atoms with Gasteiger partial charge in [0.05, 0.1) is 10.5 Å². The van der Waals surface area contributed by atoms with E-state index in [1.807, 2.05) is 46.0 Å². The van der Waals surface area contributed by atoms with Crippen molar-refractivity contribution < 1.29 is 9.53 Å². The van der Waals surface area contributed by atoms with Gasteiger partial charge in [0.15, 0.2) is 0 Å². The van der Waals surface area contributed by atoms with Crippen LogP contribution in [0.25, 0.3) is 10.9 Å². The number of amides is 1. The third kappa shape index (κ3) is 3.91. The fraction of sp³-hybridized carbons (Fsp3) is 0.438. The molecule has 114 valence electrons. The van der Waals surface area contributed by atoms with Gasteiger partial charge in [0.25, 0.3) is 0 Å². The largest absolute Gasteiger partial charge is 0.444 e. The van der Waals surface area contributed by atoms with E-state index in [0.717, 1.165) is 27.1 Å². The topological polar surface area (TPSA) is 54.1 Å². The molecule has 5 heteroatoms. The van der Waals surface area contributed by atoms with Gasteiger partial charge in [0.1, 0.15) is 5.60 Å². The molecule has 2 N–H and O–H groups in total. The van der Waals surface area contributed by atoms with Gasteiger partial charge in [-0.15, -0.1) is 0 Å². The summed E-state index contributed by atoms with van der Waals surface area (Å²) in [5.74, 6) is 0. The molecule has 0 bridgehead atoms. The SMILES string of the molecule is Cc1ccc(Cl)c2c(CCNC(=O)OC(C)(C)C)c[nH]c12. The smallest absolute Gasteiger partial charge is 0.407 e. The Labute approximate surface area is 129 Å². The van der Waals surface area contributed by atoms with Gasteiger partial charge in [-0.05, 0) is 51.3 Å². The fourth-order valence-electron chi connectivity index (χ4n) is 2.22. The fourth-order valence-corrected chi connectivity index (χ4v) is 2.50. The summed E-state index contributed by atoms with van der Waals surface area (Å²) in [7, 11) is 0. The summed E-state index contributed by atoms with van der Waals surface area (Å²) in [5.41, 5.74) is 2.82. The van der Waals surface area contributed by atoms with Crippen LogP contribution in [0.2, 0.25) is 5.02 Å². The van der Waals surface area contributed by atoms with Crippen LogP contribution in [-0.2, 0) is 11.2 Å². The zero-order valence-electron chi connectivity index (χ0n) is 12.8. The van der Waals surface area contributed by atoms with Crippen molar-refractivity contribution in [3.8, 4) is 0 Å². The molecule has 1 aromatic carbocycles. The van der Waals surface area contributed by atoms with Crippen molar-refractivity contribution in [2.75, 3.05) is 6.54 Å². The first kappa shape index (κ1) is 15.7. The molecule has 2 rings (SSSR count). The molecule has 1 heterocycles. The Kier molecular flexibility index (Phi) is 4.47. The van der Waals surface area contributed by atoms with Crippen molar-refractivity contribution in [3.63, 3.8) is 0 Å². The molecule has 1 aromatic heterocycles. The minimum absolute atomic E-state index is 0.399. The van der Waals surface area contributed by atoms with Gasteiger partial charge in [-0.25, -0.2) is 4.79 Å². The number of nitrogens with one attached hydrogen (secondary N) is 2. The summed E-state index contributed by atoms with van der Waals surface area (Å²) in [6.07, 6.45) is 2.24. The lowest BCUT2D eigenvalue weighted by Gasteiger charge is -2.19. The molecule has 2 aromatic rings. The van der Waals surface area contributed by atoms with Crippen LogP contribution in [-0.4, -0.2) is 23.2 Å². The lowest BCUT2D eigenvalue weighted by atomic mass is 10.1. The second kappa shape index (κ2) is 5.98. The molecule has 0 aliphatic heterocycles. The van der Waals surface area contributed by atoms with Crippen LogP contribution in [0.1, 0.15) is 31.9 Å². The number of rotatable bonds is 3. The molecule has 1 amide bonds. The van der Waals surface area contributed by atoms with E-state index >= 15 is 0 Å². The van der Waals surface area contributed by atoms with E-state index in [9.17, 15) is 4.79 Å². The number of carbonyl (C=O) groups excluding carboxylic acids is 1. The Bertz CT molecular complexity index is 656. The quantitative estimate of drug-likeness (QED) is 0.893. The Morgan fingerprint density at radius 1 is 1.38 bits per heavy atom. The van der Waals surface area contributed by atoms with Crippen molar-refractivity contribution in [1.29, 1.82) is 0 Å². The third-order valence-corrected chi connectivity index (χ3v) is 3.45. The number of halogens is 1. The van der Waals surface area contributed by atoms with E-state index in [4.69, 9.17) is 16.3 Å². The number of H-pyrrole nitrogens is 1. The number of hydrogen-bond acceptors (Lipinski definition) is 2. The predicted octanol–water partition coefficient (Wildman–Crippen LogP) is 4.20. The summed E-state index contributed by atoms with van der Waals surface area (Å²) in [6, 6.07) is 3.89. The highest BCUT2D eigenvalue weighted by atomic mass is 35.5. The first-order valence-corrected chi connectivity index (χ1v) is 7.37. The van der Waals surface area contributed by atoms with Gasteiger partial charge in [0, 0.05) is 18.1 Å². The summed E-state index contributed by atoms with van der Waals surface area (Å²) in [4.78, 5) is 14.8. The molecule has 21 heavy (non-hydrogen) atoms. The Morgan fingerprint density at radius 2 is 2.10 bits per heavy atom. The highest BCUT2D eigenvalue weighted by Crippen LogP contribution is 2.29. The minimum atomic E-state index is -0.481. The van der Waals surface area contributed by atoms with Crippen molar-refractivity contribution in [3.05, 3.63) is 34.5 Å². The first-order chi connectivity index (χ1) is 9.78. The number of fused-ring (bicyclic) bond motifs is 1. The van der Waals surface area contributed by atoms with Crippen molar-refractivity contribution >= 4 is 28.6 Å². The zero-order valence-corrected chi connectivity index (χ0v) is 13.6. The van der Waals surface area contributed by atoms with Crippen molar-refractivity contribution in [2.24, 2.45) is 0 Å². The number of alkyl carbamates (subject to hydrolysis) is 1. The van der Waals surface area contributed by atoms with Gasteiger partial charge in [-0.1, -0.05) is 17.7 Å². The average molecular weight is 309 g/mol. The van der Waals surface area contributed by atoms with E-state index in [-0.39, 0.29) is 0 Å². The summed E-state index contributed by atoms with van der Waals surface area (Å²) < 4.78 is 5.20. The molecular formula is C16H21ClN2O2. The highest BCUT2D eigenvalue weighted by Gasteiger charge is 2.16. The Hall–Kier alpha value is -1.68. The first-order valence-electron chi connectivity index (χ1n) is 7.00. The van der Waals surface area contributed by atoms with Crippen LogP contribution in [0.4, 0.5) is 4.79 Å². The van der Waals surface area contributed by atoms with E-state index < -0.39 is 11.7 Å². The second-order valence-corrected chi connectivity index (χ2v) is 6.51. The number of ether oxygens (including phenoxy) is 1. The molecule has 0 fully saturated rings. The van der Waals surface area contributed by atoms with Gasteiger partial charge in [-0.3, -0.25) is 0 Å². The van der Waals surface area contributed by atoms with E-state index in [2.05, 4.69) is 10.3 Å². The maximum atomic E-state index is 11.6. The molecule has 0 aliphatic rings. The molecule has 0 atom stereocenters. The standard InChI is InChI=1S/C16H21ClN2O2/c1-10-5-6-12(17)13-11(9-19-14(10)13)7-8-18-15(20)21-16(2,3)4/h5-6,9,19H,7-8H2,1-4H3,(H,18,20). The van der Waals surface area contributed by atoms with Crippen LogP contribution < -0.4 is 5.32 Å². The predicted molar refractivity (Wildman–Crippen MR) is 86.0 cm³/mol. The monoisotopic (exact) mass is 308 g/mol. The highest BCUT2D eigenvalue weighted by molar-refractivity contribution is 6.35. The zero-order chi connectivity index (χ0) is 15.6. The number of benzene rings is 1. The molecular weight excluding hydrogens is 288 g/mol. The molecule has 0 aliphatic carbocycles. The van der Waals surface area contributed by atoms with E-state index in [1.165, 1.54) is 0 Å². The third-order valence-electron chi connectivity index (χ3n) is 3.14. The van der Waals surface area contributed by atoms with Gasteiger partial charge in [-0.2, -0.15) is 0 Å². The number of aromatic nitrogens is 1. The van der Waals surface area contributed by atoms with Crippen LogP contribution in [0.5, 0.6) is 0 Å². The average Bonchev–Trinajstić information content (AvgIpc) is 2.77. The lowest BCUT2D eigenvalue weighted by molar-refractivity contribution is 0.0528. The molecule has 0 saturated carbocycles. The normalized spacial score (nSPS) is 11.7. The van der Waals surface area contributed by atoms with Gasteiger partial charge in [0.2, 0.25) is 0 Å². The number of aryl methyl sites for hydroxylation is 1. The van der Waals surface area contributed by atoms with Gasteiger partial charge < -0.3 is 15.0 Å². The maximum Gasteiger partial charge on any atom is 0.407 e. The molecule has 0 radical (unpaired) electrons. The Morgan fingerprint density at radius 3 is 2.76 bits per heavy atom. The molecule has 0 unspecified atom stereocenters. The molecule has 0 saturated heterocycles. The van der Waals surface area contributed by atoms with Crippen LogP contribution >= 0.6 is 11.6 Å². The maximum absolute atomic E-state index is 11.6. The number of aromatic amines is 1. The van der Waals surface area contributed by atoms with Crippen LogP contribution in [0.3, 0.4) is 0 Å². The second-order valence-electron chi connectivity index (χ2n) is 6.11. The molecule has 0 spiro atoms. The van der Waals surface area contributed by atoms with E-state index in [1.54, 1.807) is 0 Å². The van der Waals surface area contributed by atoms with Crippen molar-refractivity contribution in [1.82, 2.24) is 10.3 Å². The molecule has 4 nitrogen and oxygen atoms in total. The lowest BCUT2D eigenvalue weighted by Crippen LogP contribution is -2.33. The van der Waals surface area contributed by atoms with Crippen LogP contribution in [0.15, 0.2) is 18.3 Å². The summed E-state index contributed by atoms with van der Waals surface area (Å²) in [5, 5.41) is 4.51. The van der Waals surface area contributed by atoms with Gasteiger partial charge >= 0.3 is 6.09 Å². The van der Waals surface area contributed by atoms with Crippen molar-refractivity contribution in [2.45, 2.75) is 39.7 Å². The Balaban J connectivity index is 2.02. The minimum Gasteiger partial charge on any atom is -0.444 e. The summed E-state index contributed by atoms with van der Waals surface area (Å²) >= 11 is 6.27. The number of carbonyl (C=O) groups is 1. The summed E-state index contributed by atoms with van der Waals surface area (Å²) in [6.45, 7) is 8.07. The number of hydrogen-bond donors (Lipinski definition) is 2. The van der Waals surface area contributed by atoms with E-state index in [0.29, 0.717) is 13.0 Å². The van der Waals surface area contributed by atoms with Crippen LogP contribution in [0, 0.1) is 6.92 Å².